The molecule has 1 heterocycles. The highest BCUT2D eigenvalue weighted by Crippen LogP contribution is 2.27. The van der Waals surface area contributed by atoms with Crippen molar-refractivity contribution in [2.24, 2.45) is 11.7 Å². The molecule has 20 heavy (non-hydrogen) atoms. The molecular weight excluding hydrogens is 276 g/mol. The van der Waals surface area contributed by atoms with Crippen LogP contribution in [0.2, 0.25) is 0 Å². The van der Waals surface area contributed by atoms with Crippen molar-refractivity contribution in [3.8, 4) is 11.5 Å². The average Bonchev–Trinajstić information content (AvgIpc) is 2.48. The van der Waals surface area contributed by atoms with Crippen LogP contribution in [0.4, 0.5) is 0 Å². The van der Waals surface area contributed by atoms with Crippen molar-refractivity contribution >= 4 is 12.4 Å². The lowest BCUT2D eigenvalue weighted by Gasteiger charge is -2.31. The number of hydrogen-bond donors (Lipinski definition) is 1. The molecule has 4 nitrogen and oxygen atoms in total. The SMILES string of the molecule is COc1ccc(CN2CCC(CN)CC2)c(OC)c1.Cl. The van der Waals surface area contributed by atoms with Gasteiger partial charge in [0.1, 0.15) is 11.5 Å². The zero-order valence-electron chi connectivity index (χ0n) is 12.3. The normalized spacial score (nSPS) is 16.6. The summed E-state index contributed by atoms with van der Waals surface area (Å²) < 4.78 is 10.7. The largest absolute Gasteiger partial charge is 0.497 e. The van der Waals surface area contributed by atoms with Crippen LogP contribution in [-0.4, -0.2) is 38.8 Å². The quantitative estimate of drug-likeness (QED) is 0.906. The molecule has 2 N–H and O–H groups in total. The summed E-state index contributed by atoms with van der Waals surface area (Å²) in [6.45, 7) is 4.00. The summed E-state index contributed by atoms with van der Waals surface area (Å²) in [5.41, 5.74) is 6.94. The molecule has 0 aromatic heterocycles. The fourth-order valence-electron chi connectivity index (χ4n) is 2.60. The van der Waals surface area contributed by atoms with Crippen LogP contribution >= 0.6 is 12.4 Å². The predicted octanol–water partition coefficient (Wildman–Crippen LogP) is 2.30. The van der Waals surface area contributed by atoms with Gasteiger partial charge in [-0.15, -0.1) is 12.4 Å². The van der Waals surface area contributed by atoms with Gasteiger partial charge in [-0.05, 0) is 44.5 Å². The number of methoxy groups -OCH3 is 2. The number of benzene rings is 1. The highest BCUT2D eigenvalue weighted by Gasteiger charge is 2.19. The lowest BCUT2D eigenvalue weighted by molar-refractivity contribution is 0.179. The van der Waals surface area contributed by atoms with Gasteiger partial charge < -0.3 is 15.2 Å². The van der Waals surface area contributed by atoms with Crippen LogP contribution in [-0.2, 0) is 6.54 Å². The third-order valence-electron chi connectivity index (χ3n) is 3.93. The second kappa shape index (κ2) is 8.35. The van der Waals surface area contributed by atoms with Crippen molar-refractivity contribution in [1.82, 2.24) is 4.90 Å². The van der Waals surface area contributed by atoms with Gasteiger partial charge in [0, 0.05) is 18.2 Å². The number of nitrogens with zero attached hydrogens (tertiary/aromatic N) is 1. The molecule has 114 valence electrons. The maximum atomic E-state index is 5.73. The van der Waals surface area contributed by atoms with Crippen LogP contribution < -0.4 is 15.2 Å². The van der Waals surface area contributed by atoms with E-state index in [0.717, 1.165) is 37.7 Å². The molecule has 5 heteroatoms. The van der Waals surface area contributed by atoms with E-state index in [9.17, 15) is 0 Å². The fourth-order valence-corrected chi connectivity index (χ4v) is 2.60. The van der Waals surface area contributed by atoms with Crippen molar-refractivity contribution in [1.29, 1.82) is 0 Å². The maximum Gasteiger partial charge on any atom is 0.127 e. The van der Waals surface area contributed by atoms with E-state index in [1.54, 1.807) is 14.2 Å². The zero-order valence-corrected chi connectivity index (χ0v) is 13.1. The molecule has 1 aliphatic rings. The van der Waals surface area contributed by atoms with Crippen molar-refractivity contribution < 1.29 is 9.47 Å². The smallest absolute Gasteiger partial charge is 0.127 e. The Morgan fingerprint density at radius 2 is 1.90 bits per heavy atom. The molecule has 0 saturated carbocycles. The summed E-state index contributed by atoms with van der Waals surface area (Å²) >= 11 is 0. The highest BCUT2D eigenvalue weighted by atomic mass is 35.5. The molecule has 2 rings (SSSR count). The molecule has 1 aliphatic heterocycles. The summed E-state index contributed by atoms with van der Waals surface area (Å²) in [6.07, 6.45) is 2.41. The van der Waals surface area contributed by atoms with E-state index in [4.69, 9.17) is 15.2 Å². The number of rotatable bonds is 5. The number of ether oxygens (including phenoxy) is 2. The summed E-state index contributed by atoms with van der Waals surface area (Å²) in [5, 5.41) is 0. The molecule has 0 aliphatic carbocycles. The fraction of sp³-hybridized carbons (Fsp3) is 0.600. The summed E-state index contributed by atoms with van der Waals surface area (Å²) in [5.74, 6) is 2.44. The third-order valence-corrected chi connectivity index (χ3v) is 3.93. The van der Waals surface area contributed by atoms with E-state index in [2.05, 4.69) is 11.0 Å². The van der Waals surface area contributed by atoms with Gasteiger partial charge in [-0.2, -0.15) is 0 Å². The number of piperidine rings is 1. The third kappa shape index (κ3) is 4.27. The zero-order chi connectivity index (χ0) is 13.7. The van der Waals surface area contributed by atoms with Crippen molar-refractivity contribution in [3.05, 3.63) is 23.8 Å². The molecule has 0 bridgehead atoms. The van der Waals surface area contributed by atoms with Crippen LogP contribution in [0.15, 0.2) is 18.2 Å². The first-order chi connectivity index (χ1) is 9.26. The second-order valence-electron chi connectivity index (χ2n) is 5.13. The summed E-state index contributed by atoms with van der Waals surface area (Å²) in [6, 6.07) is 6.03. The van der Waals surface area contributed by atoms with Crippen LogP contribution in [0.1, 0.15) is 18.4 Å². The van der Waals surface area contributed by atoms with Gasteiger partial charge in [-0.1, -0.05) is 6.07 Å². The first-order valence-electron chi connectivity index (χ1n) is 6.90. The van der Waals surface area contributed by atoms with E-state index < -0.39 is 0 Å². The lowest BCUT2D eigenvalue weighted by Crippen LogP contribution is -2.35. The minimum atomic E-state index is 0. The van der Waals surface area contributed by atoms with Gasteiger partial charge in [-0.3, -0.25) is 4.90 Å². The lowest BCUT2D eigenvalue weighted by atomic mass is 9.97. The van der Waals surface area contributed by atoms with Crippen LogP contribution in [0.25, 0.3) is 0 Å². The van der Waals surface area contributed by atoms with E-state index in [0.29, 0.717) is 5.92 Å². The second-order valence-corrected chi connectivity index (χ2v) is 5.13. The number of nitrogens with two attached hydrogens (primary N) is 1. The Bertz CT molecular complexity index is 407. The first-order valence-corrected chi connectivity index (χ1v) is 6.90. The predicted molar refractivity (Wildman–Crippen MR) is 83.8 cm³/mol. The molecule has 0 radical (unpaired) electrons. The molecule has 0 atom stereocenters. The molecule has 0 amide bonds. The summed E-state index contributed by atoms with van der Waals surface area (Å²) in [7, 11) is 3.38. The van der Waals surface area contributed by atoms with Crippen molar-refractivity contribution in [3.63, 3.8) is 0 Å². The molecule has 1 saturated heterocycles. The molecule has 1 aromatic carbocycles. The molecule has 0 spiro atoms. The Labute approximate surface area is 127 Å². The highest BCUT2D eigenvalue weighted by molar-refractivity contribution is 5.85. The number of halogens is 1. The van der Waals surface area contributed by atoms with E-state index in [1.807, 2.05) is 12.1 Å². The van der Waals surface area contributed by atoms with Crippen molar-refractivity contribution in [2.75, 3.05) is 33.9 Å². The maximum absolute atomic E-state index is 5.73. The molecule has 0 unspecified atom stereocenters. The molecule has 1 aromatic rings. The number of hydrogen-bond acceptors (Lipinski definition) is 4. The van der Waals surface area contributed by atoms with Gasteiger partial charge in [0.15, 0.2) is 0 Å². The first kappa shape index (κ1) is 17.1. The average molecular weight is 301 g/mol. The van der Waals surface area contributed by atoms with Gasteiger partial charge in [-0.25, -0.2) is 0 Å². The standard InChI is InChI=1S/C15H24N2O2.ClH/c1-18-14-4-3-13(15(9-14)19-2)11-17-7-5-12(10-16)6-8-17;/h3-4,9,12H,5-8,10-11,16H2,1-2H3;1H. The summed E-state index contributed by atoms with van der Waals surface area (Å²) in [4.78, 5) is 2.47. The minimum absolute atomic E-state index is 0. The van der Waals surface area contributed by atoms with E-state index >= 15 is 0 Å². The van der Waals surface area contributed by atoms with E-state index in [-0.39, 0.29) is 12.4 Å². The van der Waals surface area contributed by atoms with Gasteiger partial charge in [0.05, 0.1) is 14.2 Å². The molecular formula is C15H25ClN2O2. The van der Waals surface area contributed by atoms with Crippen LogP contribution in [0.5, 0.6) is 11.5 Å². The monoisotopic (exact) mass is 300 g/mol. The van der Waals surface area contributed by atoms with Crippen LogP contribution in [0, 0.1) is 5.92 Å². The van der Waals surface area contributed by atoms with Gasteiger partial charge in [0.25, 0.3) is 0 Å². The Morgan fingerprint density at radius 1 is 1.20 bits per heavy atom. The van der Waals surface area contributed by atoms with E-state index in [1.165, 1.54) is 18.4 Å². The molecule has 1 fully saturated rings. The minimum Gasteiger partial charge on any atom is -0.497 e. The Balaban J connectivity index is 0.00000200. The Hall–Kier alpha value is -0.970. The van der Waals surface area contributed by atoms with Crippen molar-refractivity contribution in [2.45, 2.75) is 19.4 Å². The topological polar surface area (TPSA) is 47.7 Å². The van der Waals surface area contributed by atoms with Gasteiger partial charge >= 0.3 is 0 Å². The van der Waals surface area contributed by atoms with Crippen LogP contribution in [0.3, 0.4) is 0 Å². The Morgan fingerprint density at radius 3 is 2.45 bits per heavy atom. The van der Waals surface area contributed by atoms with Gasteiger partial charge in [0.2, 0.25) is 0 Å². The number of likely N-dealkylation sites (tertiary alicyclic amines) is 1. The Kier molecular flexibility index (Phi) is 7.13.